The van der Waals surface area contributed by atoms with Gasteiger partial charge in [0, 0.05) is 7.12 Å². The Labute approximate surface area is 106 Å². The lowest BCUT2D eigenvalue weighted by Crippen LogP contribution is -2.22. The summed E-state index contributed by atoms with van der Waals surface area (Å²) in [5.41, 5.74) is 7.63. The van der Waals surface area contributed by atoms with Gasteiger partial charge in [0.1, 0.15) is 0 Å². The molecular weight excluding hydrogens is 214 g/mol. The Morgan fingerprint density at radius 1 is 1.29 bits per heavy atom. The quantitative estimate of drug-likeness (QED) is 0.836. The Balaban J connectivity index is -0.000000409. The van der Waals surface area contributed by atoms with Gasteiger partial charge in [0.15, 0.2) is 0 Å². The van der Waals surface area contributed by atoms with Crippen LogP contribution in [0, 0.1) is 13.8 Å². The van der Waals surface area contributed by atoms with Crippen molar-refractivity contribution in [3.63, 3.8) is 0 Å². The minimum atomic E-state index is -0.200. The number of nitrogens with zero attached hydrogens (tertiary/aromatic N) is 1. The molecule has 1 rings (SSSR count). The highest BCUT2D eigenvalue weighted by Gasteiger charge is 2.02. The Morgan fingerprint density at radius 3 is 2.24 bits per heavy atom. The van der Waals surface area contributed by atoms with Crippen molar-refractivity contribution in [2.75, 3.05) is 11.9 Å². The van der Waals surface area contributed by atoms with E-state index in [9.17, 15) is 4.79 Å². The van der Waals surface area contributed by atoms with Crippen LogP contribution in [0.1, 0.15) is 40.5 Å². The Bertz CT molecular complexity index is 330. The first-order valence-corrected chi connectivity index (χ1v) is 6.07. The first-order valence-electron chi connectivity index (χ1n) is 6.07. The van der Waals surface area contributed by atoms with Crippen molar-refractivity contribution < 1.29 is 6.22 Å². The average molecular weight is 241 g/mol. The Hall–Kier alpha value is -1.42. The van der Waals surface area contributed by atoms with Crippen LogP contribution < -0.4 is 11.1 Å². The van der Waals surface area contributed by atoms with Crippen molar-refractivity contribution in [1.82, 2.24) is 4.98 Å². The summed E-state index contributed by atoms with van der Waals surface area (Å²) in [4.78, 5) is 15.2. The molecule has 0 atom stereocenters. The molecule has 100 valence electrons. The van der Waals surface area contributed by atoms with Crippen molar-refractivity contribution in [3.05, 3.63) is 23.5 Å². The van der Waals surface area contributed by atoms with E-state index in [-0.39, 0.29) is 13.9 Å². The fourth-order valence-electron chi connectivity index (χ4n) is 1.02. The van der Waals surface area contributed by atoms with E-state index < -0.39 is 0 Å². The number of amides is 1. The third-order valence-electron chi connectivity index (χ3n) is 1.68. The maximum atomic E-state index is 11.0. The van der Waals surface area contributed by atoms with Crippen LogP contribution >= 0.6 is 0 Å². The number of nitrogens with one attached hydrogen (secondary N) is 1. The molecule has 17 heavy (non-hydrogen) atoms. The van der Waals surface area contributed by atoms with Crippen LogP contribution in [0.3, 0.4) is 0 Å². The van der Waals surface area contributed by atoms with Gasteiger partial charge in [-0.15, -0.1) is 0 Å². The molecule has 1 aromatic heterocycles. The molecule has 0 aliphatic rings. The van der Waals surface area contributed by atoms with E-state index >= 15 is 0 Å². The molecule has 0 saturated carbocycles. The van der Waals surface area contributed by atoms with Gasteiger partial charge < -0.3 is 11.1 Å². The maximum absolute atomic E-state index is 11.0. The highest BCUT2D eigenvalue weighted by molar-refractivity contribution is 5.92. The third-order valence-corrected chi connectivity index (χ3v) is 1.68. The van der Waals surface area contributed by atoms with Crippen LogP contribution in [0.15, 0.2) is 12.1 Å². The summed E-state index contributed by atoms with van der Waals surface area (Å²) in [6.07, 6.45) is 0. The summed E-state index contributed by atoms with van der Waals surface area (Å²) in [5, 5.41) is 2.66. The van der Waals surface area contributed by atoms with Crippen LogP contribution in [-0.4, -0.2) is 17.4 Å². The number of nitrogens with two attached hydrogens (primary N) is 1. The first kappa shape index (κ1) is 18.0. The zero-order valence-corrected chi connectivity index (χ0v) is 11.8. The standard InChI is InChI=1S/C9H13N3O.2C2H6.H2/c1-6-3-4-8(7(2)11-6)12-9(13)5-10;2*1-2;/h3-4H,5,10H2,1-2H3,(H,12,13);2*1-2H3;1H. The topological polar surface area (TPSA) is 68.0 Å². The number of anilines is 1. The Morgan fingerprint density at radius 2 is 1.82 bits per heavy atom. The predicted octanol–water partition coefficient (Wildman–Crippen LogP) is 2.89. The molecule has 0 aromatic carbocycles. The highest BCUT2D eigenvalue weighted by Crippen LogP contribution is 2.11. The molecule has 1 heterocycles. The minimum absolute atomic E-state index is 0. The average Bonchev–Trinajstić information content (AvgIpc) is 2.37. The van der Waals surface area contributed by atoms with Crippen LogP contribution in [-0.2, 0) is 4.79 Å². The van der Waals surface area contributed by atoms with E-state index in [0.717, 1.165) is 17.1 Å². The second-order valence-corrected chi connectivity index (χ2v) is 2.84. The molecule has 0 radical (unpaired) electrons. The molecule has 0 unspecified atom stereocenters. The van der Waals surface area contributed by atoms with Crippen molar-refractivity contribution in [2.24, 2.45) is 5.73 Å². The van der Waals surface area contributed by atoms with E-state index in [4.69, 9.17) is 5.73 Å². The number of aromatic nitrogens is 1. The fraction of sp³-hybridized carbons (Fsp3) is 0.538. The largest absolute Gasteiger partial charge is 0.323 e. The molecule has 0 aliphatic heterocycles. The van der Waals surface area contributed by atoms with Crippen molar-refractivity contribution >= 4 is 11.6 Å². The molecule has 0 bridgehead atoms. The molecule has 1 amide bonds. The number of pyridine rings is 1. The summed E-state index contributed by atoms with van der Waals surface area (Å²) >= 11 is 0. The van der Waals surface area contributed by atoms with Gasteiger partial charge >= 0.3 is 0 Å². The third kappa shape index (κ3) is 7.47. The monoisotopic (exact) mass is 241 g/mol. The number of hydrogen-bond donors (Lipinski definition) is 2. The number of carbonyl (C=O) groups is 1. The van der Waals surface area contributed by atoms with E-state index in [2.05, 4.69) is 10.3 Å². The molecule has 4 heteroatoms. The van der Waals surface area contributed by atoms with Gasteiger partial charge in [0.2, 0.25) is 5.91 Å². The van der Waals surface area contributed by atoms with Crippen LogP contribution in [0.5, 0.6) is 0 Å². The lowest BCUT2D eigenvalue weighted by Gasteiger charge is -2.06. The van der Waals surface area contributed by atoms with E-state index in [0.29, 0.717) is 0 Å². The van der Waals surface area contributed by atoms with E-state index in [1.807, 2.05) is 53.7 Å². The van der Waals surface area contributed by atoms with Crippen molar-refractivity contribution in [2.45, 2.75) is 41.5 Å². The normalized spacial score (nSPS) is 8.18. The van der Waals surface area contributed by atoms with Gasteiger partial charge in [0.05, 0.1) is 17.9 Å². The van der Waals surface area contributed by atoms with Gasteiger partial charge in [-0.1, -0.05) is 27.7 Å². The smallest absolute Gasteiger partial charge is 0.238 e. The van der Waals surface area contributed by atoms with Crippen LogP contribution in [0.25, 0.3) is 0 Å². The van der Waals surface area contributed by atoms with Crippen LogP contribution in [0.2, 0.25) is 0 Å². The highest BCUT2D eigenvalue weighted by atomic mass is 16.1. The van der Waals surface area contributed by atoms with Crippen LogP contribution in [0.4, 0.5) is 5.69 Å². The number of hydrogen-bond acceptors (Lipinski definition) is 3. The Kier molecular flexibility index (Phi) is 11.7. The molecule has 0 fully saturated rings. The summed E-state index contributed by atoms with van der Waals surface area (Å²) < 4.78 is 0. The SMILES string of the molecule is CC.CC.Cc1ccc(NC(=O)CN)c(C)n1.[HH]. The number of rotatable bonds is 2. The van der Waals surface area contributed by atoms with Gasteiger partial charge in [-0.3, -0.25) is 9.78 Å². The molecular formula is C13H27N3O. The minimum Gasteiger partial charge on any atom is -0.323 e. The summed E-state index contributed by atoms with van der Waals surface area (Å²) in [6.45, 7) is 11.7. The molecule has 1 aromatic rings. The summed E-state index contributed by atoms with van der Waals surface area (Å²) in [5.74, 6) is -0.200. The van der Waals surface area contributed by atoms with Gasteiger partial charge in [-0.25, -0.2) is 0 Å². The predicted molar refractivity (Wildman–Crippen MR) is 76.2 cm³/mol. The molecule has 0 spiro atoms. The maximum Gasteiger partial charge on any atom is 0.238 e. The zero-order valence-electron chi connectivity index (χ0n) is 11.8. The lowest BCUT2D eigenvalue weighted by atomic mass is 10.2. The van der Waals surface area contributed by atoms with Crippen molar-refractivity contribution in [1.29, 1.82) is 0 Å². The second kappa shape index (κ2) is 11.1. The van der Waals surface area contributed by atoms with E-state index in [1.165, 1.54) is 0 Å². The van der Waals surface area contributed by atoms with Gasteiger partial charge in [-0.2, -0.15) is 0 Å². The fourth-order valence-corrected chi connectivity index (χ4v) is 1.02. The zero-order chi connectivity index (χ0) is 13.8. The van der Waals surface area contributed by atoms with Gasteiger partial charge in [-0.05, 0) is 26.0 Å². The van der Waals surface area contributed by atoms with Crippen molar-refractivity contribution in [3.8, 4) is 0 Å². The summed E-state index contributed by atoms with van der Waals surface area (Å²) in [6, 6.07) is 3.67. The second-order valence-electron chi connectivity index (χ2n) is 2.84. The lowest BCUT2D eigenvalue weighted by molar-refractivity contribution is -0.114. The molecule has 4 nitrogen and oxygen atoms in total. The number of aryl methyl sites for hydroxylation is 2. The van der Waals surface area contributed by atoms with E-state index in [1.54, 1.807) is 0 Å². The number of carbonyl (C=O) groups excluding carboxylic acids is 1. The first-order chi connectivity index (χ1) is 8.13. The van der Waals surface area contributed by atoms with Gasteiger partial charge in [0.25, 0.3) is 0 Å². The molecule has 0 aliphatic carbocycles. The molecule has 3 N–H and O–H groups in total. The summed E-state index contributed by atoms with van der Waals surface area (Å²) in [7, 11) is 0. The molecule has 0 saturated heterocycles.